The number of hydrogen-bond donors (Lipinski definition) is 1. The van der Waals surface area contributed by atoms with Crippen molar-refractivity contribution in [1.29, 1.82) is 0 Å². The Hall–Kier alpha value is -0.160. The summed E-state index contributed by atoms with van der Waals surface area (Å²) in [7, 11) is 1.46. The SMILES string of the molecule is CCN(NOOC)C(C)(C)C. The van der Waals surface area contributed by atoms with Gasteiger partial charge in [-0.2, -0.15) is 0 Å². The Bertz CT molecular complexity index is 101. The van der Waals surface area contributed by atoms with Crippen LogP contribution in [-0.4, -0.2) is 24.2 Å². The van der Waals surface area contributed by atoms with Crippen molar-refractivity contribution in [3.63, 3.8) is 0 Å². The molecule has 0 aromatic rings. The smallest absolute Gasteiger partial charge is 0.0733 e. The summed E-state index contributed by atoms with van der Waals surface area (Å²) in [4.78, 5) is 9.01. The Morgan fingerprint density at radius 2 is 1.91 bits per heavy atom. The fourth-order valence-electron chi connectivity index (χ4n) is 0.758. The van der Waals surface area contributed by atoms with E-state index in [1.165, 1.54) is 7.11 Å². The van der Waals surface area contributed by atoms with Crippen LogP contribution in [0.3, 0.4) is 0 Å². The fraction of sp³-hybridized carbons (Fsp3) is 1.00. The molecule has 0 bridgehead atoms. The van der Waals surface area contributed by atoms with Gasteiger partial charge in [-0.25, -0.2) is 9.90 Å². The van der Waals surface area contributed by atoms with Crippen LogP contribution in [0.15, 0.2) is 0 Å². The largest absolute Gasteiger partial charge is 0.220 e. The number of hydrogen-bond acceptors (Lipinski definition) is 4. The van der Waals surface area contributed by atoms with Crippen LogP contribution < -0.4 is 5.59 Å². The summed E-state index contributed by atoms with van der Waals surface area (Å²) < 4.78 is 0. The van der Waals surface area contributed by atoms with Crippen molar-refractivity contribution >= 4 is 0 Å². The number of nitrogens with zero attached hydrogens (tertiary/aromatic N) is 1. The quantitative estimate of drug-likeness (QED) is 0.496. The van der Waals surface area contributed by atoms with Crippen molar-refractivity contribution in [2.75, 3.05) is 13.7 Å². The van der Waals surface area contributed by atoms with Crippen LogP contribution in [0.5, 0.6) is 0 Å². The minimum Gasteiger partial charge on any atom is -0.220 e. The molecule has 0 spiro atoms. The first-order valence-corrected chi connectivity index (χ1v) is 3.75. The molecule has 1 N–H and O–H groups in total. The molecule has 0 fully saturated rings. The van der Waals surface area contributed by atoms with Crippen LogP contribution in [-0.2, 0) is 9.88 Å². The molecule has 0 aromatic heterocycles. The summed E-state index contributed by atoms with van der Waals surface area (Å²) >= 11 is 0. The van der Waals surface area contributed by atoms with E-state index in [4.69, 9.17) is 0 Å². The maximum Gasteiger partial charge on any atom is 0.0733 e. The molecule has 0 heterocycles. The average molecular weight is 162 g/mol. The predicted octanol–water partition coefficient (Wildman–Crippen LogP) is 1.10. The molecule has 4 heteroatoms. The molecule has 0 amide bonds. The minimum absolute atomic E-state index is 0.0350. The van der Waals surface area contributed by atoms with Gasteiger partial charge in [-0.3, -0.25) is 0 Å². The van der Waals surface area contributed by atoms with Crippen LogP contribution in [0, 0.1) is 0 Å². The maximum atomic E-state index is 4.59. The lowest BCUT2D eigenvalue weighted by Gasteiger charge is -2.32. The lowest BCUT2D eigenvalue weighted by molar-refractivity contribution is -0.361. The van der Waals surface area contributed by atoms with Crippen molar-refractivity contribution in [2.45, 2.75) is 33.2 Å². The first-order valence-electron chi connectivity index (χ1n) is 3.75. The van der Waals surface area contributed by atoms with E-state index in [0.29, 0.717) is 0 Å². The molecule has 0 aliphatic rings. The summed E-state index contributed by atoms with van der Waals surface area (Å²) in [6.45, 7) is 9.15. The topological polar surface area (TPSA) is 33.7 Å². The minimum atomic E-state index is 0.0350. The second kappa shape index (κ2) is 4.66. The second-order valence-electron chi connectivity index (χ2n) is 3.26. The van der Waals surface area contributed by atoms with E-state index in [1.807, 2.05) is 11.9 Å². The number of hydrazine groups is 1. The van der Waals surface area contributed by atoms with Crippen LogP contribution >= 0.6 is 0 Å². The Morgan fingerprint density at radius 3 is 2.18 bits per heavy atom. The van der Waals surface area contributed by atoms with Crippen LogP contribution in [0.1, 0.15) is 27.7 Å². The van der Waals surface area contributed by atoms with Gasteiger partial charge < -0.3 is 0 Å². The Labute approximate surface area is 68.3 Å². The predicted molar refractivity (Wildman–Crippen MR) is 43.4 cm³/mol. The summed E-state index contributed by atoms with van der Waals surface area (Å²) in [6, 6.07) is 0. The fourth-order valence-corrected chi connectivity index (χ4v) is 0.758. The van der Waals surface area contributed by atoms with E-state index in [9.17, 15) is 0 Å². The highest BCUT2D eigenvalue weighted by molar-refractivity contribution is 4.69. The molecule has 0 saturated carbocycles. The summed E-state index contributed by atoms with van der Waals surface area (Å²) in [5.41, 5.74) is 2.71. The van der Waals surface area contributed by atoms with E-state index in [0.717, 1.165) is 6.54 Å². The van der Waals surface area contributed by atoms with Crippen LogP contribution in [0.2, 0.25) is 0 Å². The van der Waals surface area contributed by atoms with Gasteiger partial charge in [-0.05, 0) is 20.8 Å². The zero-order chi connectivity index (χ0) is 8.91. The molecule has 0 radical (unpaired) electrons. The molecule has 11 heavy (non-hydrogen) atoms. The van der Waals surface area contributed by atoms with Crippen molar-refractivity contribution in [1.82, 2.24) is 10.6 Å². The van der Waals surface area contributed by atoms with E-state index >= 15 is 0 Å². The molecule has 0 unspecified atom stereocenters. The first kappa shape index (κ1) is 10.8. The summed E-state index contributed by atoms with van der Waals surface area (Å²) in [5.74, 6) is 0. The average Bonchev–Trinajstić information content (AvgIpc) is 1.87. The molecule has 4 nitrogen and oxygen atoms in total. The van der Waals surface area contributed by atoms with Gasteiger partial charge in [-0.1, -0.05) is 6.92 Å². The lowest BCUT2D eigenvalue weighted by atomic mass is 10.1. The van der Waals surface area contributed by atoms with Crippen molar-refractivity contribution < 1.29 is 9.88 Å². The third kappa shape index (κ3) is 4.31. The Balaban J connectivity index is 3.76. The normalized spacial score (nSPS) is 12.5. The van der Waals surface area contributed by atoms with E-state index in [-0.39, 0.29) is 5.54 Å². The molecular weight excluding hydrogens is 144 g/mol. The van der Waals surface area contributed by atoms with Crippen molar-refractivity contribution in [2.24, 2.45) is 0 Å². The van der Waals surface area contributed by atoms with Gasteiger partial charge in [0.05, 0.1) is 7.11 Å². The van der Waals surface area contributed by atoms with Gasteiger partial charge >= 0.3 is 0 Å². The monoisotopic (exact) mass is 162 g/mol. The molecule has 0 atom stereocenters. The molecule has 0 aliphatic carbocycles. The third-order valence-corrected chi connectivity index (χ3v) is 1.36. The zero-order valence-electron chi connectivity index (χ0n) is 7.97. The van der Waals surface area contributed by atoms with E-state index in [2.05, 4.69) is 36.2 Å². The third-order valence-electron chi connectivity index (χ3n) is 1.36. The second-order valence-corrected chi connectivity index (χ2v) is 3.26. The zero-order valence-corrected chi connectivity index (χ0v) is 7.97. The molecule has 0 rings (SSSR count). The van der Waals surface area contributed by atoms with Crippen molar-refractivity contribution in [3.05, 3.63) is 0 Å². The highest BCUT2D eigenvalue weighted by Gasteiger charge is 2.19. The lowest BCUT2D eigenvalue weighted by Crippen LogP contribution is -2.49. The summed E-state index contributed by atoms with van der Waals surface area (Å²) in [6.07, 6.45) is 0. The molecule has 0 aromatic carbocycles. The first-order chi connectivity index (χ1) is 5.02. The Kier molecular flexibility index (Phi) is 4.60. The van der Waals surface area contributed by atoms with Gasteiger partial charge in [0.2, 0.25) is 0 Å². The molecular formula is C7H18N2O2. The van der Waals surface area contributed by atoms with Crippen molar-refractivity contribution in [3.8, 4) is 0 Å². The van der Waals surface area contributed by atoms with Gasteiger partial charge in [0.25, 0.3) is 0 Å². The van der Waals surface area contributed by atoms with E-state index in [1.54, 1.807) is 0 Å². The number of nitrogens with one attached hydrogen (secondary N) is 1. The van der Waals surface area contributed by atoms with E-state index < -0.39 is 0 Å². The van der Waals surface area contributed by atoms with Gasteiger partial charge in [-0.15, -0.1) is 10.6 Å². The maximum absolute atomic E-state index is 4.59. The Morgan fingerprint density at radius 1 is 1.36 bits per heavy atom. The van der Waals surface area contributed by atoms with Crippen LogP contribution in [0.4, 0.5) is 0 Å². The summed E-state index contributed by atoms with van der Waals surface area (Å²) in [5, 5.41) is 1.93. The molecule has 0 saturated heterocycles. The van der Waals surface area contributed by atoms with Gasteiger partial charge in [0.1, 0.15) is 0 Å². The highest BCUT2D eigenvalue weighted by atomic mass is 17.3. The molecule has 68 valence electrons. The van der Waals surface area contributed by atoms with Crippen LogP contribution in [0.25, 0.3) is 0 Å². The standard InChI is InChI=1S/C7H18N2O2/c1-6-9(7(2,3)4)8-11-10-5/h8H,6H2,1-5H3. The number of rotatable bonds is 4. The molecule has 0 aliphatic heterocycles. The highest BCUT2D eigenvalue weighted by Crippen LogP contribution is 2.08. The van der Waals surface area contributed by atoms with Gasteiger partial charge in [0, 0.05) is 12.1 Å². The van der Waals surface area contributed by atoms with Gasteiger partial charge in [0.15, 0.2) is 0 Å².